The Bertz CT molecular complexity index is 505. The lowest BCUT2D eigenvalue weighted by Crippen LogP contribution is -2.57. The van der Waals surface area contributed by atoms with Gasteiger partial charge in [-0.2, -0.15) is 0 Å². The van der Waals surface area contributed by atoms with Gasteiger partial charge in [-0.25, -0.2) is 4.79 Å². The predicted octanol–water partition coefficient (Wildman–Crippen LogP) is 1.82. The summed E-state index contributed by atoms with van der Waals surface area (Å²) in [6, 6.07) is 6.98. The molecule has 0 bridgehead atoms. The molecule has 2 atom stereocenters. The van der Waals surface area contributed by atoms with Crippen molar-refractivity contribution in [3.63, 3.8) is 0 Å². The topological polar surface area (TPSA) is 84.9 Å². The molecule has 6 nitrogen and oxygen atoms in total. The van der Waals surface area contributed by atoms with E-state index >= 15 is 0 Å². The number of ether oxygens (including phenoxy) is 2. The molecule has 1 aromatic carbocycles. The number of nitrogens with one attached hydrogen (secondary N) is 1. The number of carbonyl (C=O) groups excluding carboxylic acids is 1. The fourth-order valence-electron chi connectivity index (χ4n) is 1.58. The maximum atomic E-state index is 12.0. The average molecular weight is 360 g/mol. The first-order chi connectivity index (χ1) is 9.78. The van der Waals surface area contributed by atoms with Crippen LogP contribution in [0.1, 0.15) is 13.8 Å². The van der Waals surface area contributed by atoms with Crippen molar-refractivity contribution >= 4 is 27.8 Å². The van der Waals surface area contributed by atoms with E-state index in [4.69, 9.17) is 9.47 Å². The first-order valence-corrected chi connectivity index (χ1v) is 7.04. The van der Waals surface area contributed by atoms with Gasteiger partial charge in [-0.3, -0.25) is 4.79 Å². The highest BCUT2D eigenvalue weighted by molar-refractivity contribution is 9.10. The van der Waals surface area contributed by atoms with E-state index in [2.05, 4.69) is 21.2 Å². The van der Waals surface area contributed by atoms with Crippen molar-refractivity contribution in [3.8, 4) is 5.75 Å². The van der Waals surface area contributed by atoms with Crippen LogP contribution >= 0.6 is 15.9 Å². The summed E-state index contributed by atoms with van der Waals surface area (Å²) >= 11 is 3.30. The Balaban J connectivity index is 2.69. The van der Waals surface area contributed by atoms with Gasteiger partial charge < -0.3 is 19.9 Å². The minimum absolute atomic E-state index is 0.140. The number of hydrogen-bond acceptors (Lipinski definition) is 4. The van der Waals surface area contributed by atoms with Crippen molar-refractivity contribution in [2.45, 2.75) is 25.5 Å². The number of carboxylic acid groups (broad SMARTS) is 1. The minimum atomic E-state index is -1.50. The van der Waals surface area contributed by atoms with Crippen LogP contribution in [0.3, 0.4) is 0 Å². The van der Waals surface area contributed by atoms with Gasteiger partial charge in [0.15, 0.2) is 11.6 Å². The number of amides is 1. The Morgan fingerprint density at radius 1 is 1.38 bits per heavy atom. The number of benzene rings is 1. The summed E-state index contributed by atoms with van der Waals surface area (Å²) in [6.45, 7) is 2.79. The highest BCUT2D eigenvalue weighted by Crippen LogP contribution is 2.17. The molecule has 0 fully saturated rings. The lowest BCUT2D eigenvalue weighted by Gasteiger charge is -2.27. The molecule has 0 aliphatic heterocycles. The number of aliphatic carboxylic acids is 1. The normalized spacial score (nSPS) is 14.9. The van der Waals surface area contributed by atoms with Crippen LogP contribution in [0.15, 0.2) is 28.7 Å². The lowest BCUT2D eigenvalue weighted by molar-refractivity contribution is -0.150. The van der Waals surface area contributed by atoms with E-state index in [9.17, 15) is 14.7 Å². The molecule has 0 heterocycles. The maximum Gasteiger partial charge on any atom is 0.331 e. The molecule has 0 saturated carbocycles. The molecule has 1 rings (SSSR count). The fraction of sp³-hybridized carbons (Fsp3) is 0.429. The van der Waals surface area contributed by atoms with E-state index in [1.54, 1.807) is 31.2 Å². The van der Waals surface area contributed by atoms with Gasteiger partial charge in [-0.1, -0.05) is 15.9 Å². The van der Waals surface area contributed by atoms with Crippen LogP contribution in [0.2, 0.25) is 0 Å². The molecule has 21 heavy (non-hydrogen) atoms. The van der Waals surface area contributed by atoms with Crippen LogP contribution in [0.25, 0.3) is 0 Å². The predicted molar refractivity (Wildman–Crippen MR) is 80.3 cm³/mol. The molecule has 1 amide bonds. The van der Waals surface area contributed by atoms with Gasteiger partial charge in [-0.05, 0) is 38.1 Å². The van der Waals surface area contributed by atoms with E-state index in [-0.39, 0.29) is 6.61 Å². The Kier molecular flexibility index (Phi) is 6.17. The molecule has 116 valence electrons. The second-order valence-electron chi connectivity index (χ2n) is 4.77. The van der Waals surface area contributed by atoms with Gasteiger partial charge in [0.1, 0.15) is 5.75 Å². The van der Waals surface area contributed by atoms with Crippen LogP contribution in [-0.4, -0.2) is 42.3 Å². The third-order valence-electron chi connectivity index (χ3n) is 2.80. The van der Waals surface area contributed by atoms with Crippen LogP contribution in [0.5, 0.6) is 5.75 Å². The Morgan fingerprint density at radius 2 is 1.95 bits per heavy atom. The first kappa shape index (κ1) is 17.5. The van der Waals surface area contributed by atoms with Crippen LogP contribution in [0.4, 0.5) is 0 Å². The third-order valence-corrected chi connectivity index (χ3v) is 3.33. The zero-order valence-electron chi connectivity index (χ0n) is 12.1. The van der Waals surface area contributed by atoms with Gasteiger partial charge >= 0.3 is 5.97 Å². The standard InChI is InChI=1S/C14H18BrNO5/c1-9(21-11-6-4-10(15)5-7-11)12(17)16-14(2,8-20-3)13(18)19/h4-7,9H,8H2,1-3H3,(H,16,17)(H,18,19). The molecule has 2 unspecified atom stereocenters. The molecule has 0 radical (unpaired) electrons. The number of methoxy groups -OCH3 is 1. The summed E-state index contributed by atoms with van der Waals surface area (Å²) in [6.07, 6.45) is -0.832. The number of rotatable bonds is 7. The van der Waals surface area contributed by atoms with E-state index in [1.165, 1.54) is 14.0 Å². The zero-order chi connectivity index (χ0) is 16.0. The van der Waals surface area contributed by atoms with Crippen molar-refractivity contribution in [1.82, 2.24) is 5.32 Å². The largest absolute Gasteiger partial charge is 0.481 e. The maximum absolute atomic E-state index is 12.0. The summed E-state index contributed by atoms with van der Waals surface area (Å²) in [5.74, 6) is -1.18. The van der Waals surface area contributed by atoms with Gasteiger partial charge in [0.2, 0.25) is 0 Å². The van der Waals surface area contributed by atoms with Crippen molar-refractivity contribution in [2.24, 2.45) is 0 Å². The van der Waals surface area contributed by atoms with E-state index in [0.29, 0.717) is 5.75 Å². The second kappa shape index (κ2) is 7.42. The highest BCUT2D eigenvalue weighted by atomic mass is 79.9. The van der Waals surface area contributed by atoms with Crippen LogP contribution in [0, 0.1) is 0 Å². The molecule has 0 spiro atoms. The average Bonchev–Trinajstić information content (AvgIpc) is 2.41. The SMILES string of the molecule is COCC(C)(NC(=O)C(C)Oc1ccc(Br)cc1)C(=O)O. The highest BCUT2D eigenvalue weighted by Gasteiger charge is 2.36. The van der Waals surface area contributed by atoms with E-state index in [1.807, 2.05) is 0 Å². The molecular formula is C14H18BrNO5. The Morgan fingerprint density at radius 3 is 2.43 bits per heavy atom. The quantitative estimate of drug-likeness (QED) is 0.775. The molecule has 0 aliphatic rings. The second-order valence-corrected chi connectivity index (χ2v) is 5.69. The van der Waals surface area contributed by atoms with Gasteiger partial charge in [-0.15, -0.1) is 0 Å². The van der Waals surface area contributed by atoms with Gasteiger partial charge in [0.25, 0.3) is 5.91 Å². The van der Waals surface area contributed by atoms with Crippen molar-refractivity contribution < 1.29 is 24.2 Å². The molecule has 2 N–H and O–H groups in total. The number of carboxylic acids is 1. The summed E-state index contributed by atoms with van der Waals surface area (Å²) in [5.41, 5.74) is -1.50. The van der Waals surface area contributed by atoms with Gasteiger partial charge in [0.05, 0.1) is 6.61 Å². The molecule has 0 aromatic heterocycles. The van der Waals surface area contributed by atoms with E-state index < -0.39 is 23.5 Å². The van der Waals surface area contributed by atoms with Crippen molar-refractivity contribution in [2.75, 3.05) is 13.7 Å². The number of halogens is 1. The summed E-state index contributed by atoms with van der Waals surface area (Å²) in [4.78, 5) is 23.3. The van der Waals surface area contributed by atoms with Crippen LogP contribution < -0.4 is 10.1 Å². The fourth-order valence-corrected chi connectivity index (χ4v) is 1.85. The minimum Gasteiger partial charge on any atom is -0.481 e. The monoisotopic (exact) mass is 359 g/mol. The first-order valence-electron chi connectivity index (χ1n) is 6.25. The zero-order valence-corrected chi connectivity index (χ0v) is 13.6. The summed E-state index contributed by atoms with van der Waals surface area (Å²) in [5, 5.41) is 11.6. The molecule has 0 saturated heterocycles. The number of carbonyl (C=O) groups is 2. The lowest BCUT2D eigenvalue weighted by atomic mass is 10.0. The number of hydrogen-bond donors (Lipinski definition) is 2. The molecular weight excluding hydrogens is 342 g/mol. The molecule has 1 aromatic rings. The Hall–Kier alpha value is -1.60. The van der Waals surface area contributed by atoms with Gasteiger partial charge in [0, 0.05) is 11.6 Å². The molecule has 0 aliphatic carbocycles. The van der Waals surface area contributed by atoms with Crippen molar-refractivity contribution in [3.05, 3.63) is 28.7 Å². The van der Waals surface area contributed by atoms with Crippen molar-refractivity contribution in [1.29, 1.82) is 0 Å². The van der Waals surface area contributed by atoms with Crippen LogP contribution in [-0.2, 0) is 14.3 Å². The summed E-state index contributed by atoms with van der Waals surface area (Å²) < 4.78 is 11.2. The Labute approximate surface area is 131 Å². The molecule has 7 heteroatoms. The third kappa shape index (κ3) is 5.02. The smallest absolute Gasteiger partial charge is 0.331 e. The van der Waals surface area contributed by atoms with E-state index in [0.717, 1.165) is 4.47 Å². The summed E-state index contributed by atoms with van der Waals surface area (Å²) in [7, 11) is 1.37.